The first kappa shape index (κ1) is 49.8. The number of thiazole rings is 1. The number of ether oxygens (including phenoxy) is 1. The van der Waals surface area contributed by atoms with Crippen molar-refractivity contribution in [2.24, 2.45) is 11.1 Å². The van der Waals surface area contributed by atoms with Crippen LogP contribution < -0.4 is 31.1 Å². The molecule has 1 fully saturated rings. The number of nitrogens with zero attached hydrogens (tertiary/aromatic N) is 4. The summed E-state index contributed by atoms with van der Waals surface area (Å²) in [7, 11) is -4.71. The number of rotatable bonds is 19. The Morgan fingerprint density at radius 1 is 1.00 bits per heavy atom. The van der Waals surface area contributed by atoms with Gasteiger partial charge in [0.15, 0.2) is 5.75 Å². The van der Waals surface area contributed by atoms with Crippen LogP contribution in [0.1, 0.15) is 68.1 Å². The average Bonchev–Trinajstić information content (AvgIpc) is 3.99. The number of hydrogen-bond acceptors (Lipinski definition) is 13. The first-order valence-electron chi connectivity index (χ1n) is 21.0. The van der Waals surface area contributed by atoms with Crippen LogP contribution in [0.3, 0.4) is 0 Å². The monoisotopic (exact) mass is 968 g/mol. The molecule has 0 saturated carbocycles. The van der Waals surface area contributed by atoms with Gasteiger partial charge in [0.1, 0.15) is 29.2 Å². The molecule has 0 aliphatic carbocycles. The summed E-state index contributed by atoms with van der Waals surface area (Å²) in [6, 6.07) is 14.1. The summed E-state index contributed by atoms with van der Waals surface area (Å²) in [6.07, 6.45) is -3.42. The zero-order valence-electron chi connectivity index (χ0n) is 36.9. The van der Waals surface area contributed by atoms with Crippen LogP contribution in [-0.4, -0.2) is 105 Å². The molecule has 0 bridgehead atoms. The number of unbranched alkanes of at least 4 members (excludes halogenated alkanes) is 1. The van der Waals surface area contributed by atoms with Crippen LogP contribution in [-0.2, 0) is 31.0 Å². The average molecular weight is 969 g/mol. The fourth-order valence-corrected chi connectivity index (χ4v) is 9.11. The maximum atomic E-state index is 14.0. The number of sulfonamides is 1. The van der Waals surface area contributed by atoms with E-state index in [2.05, 4.69) is 36.1 Å². The van der Waals surface area contributed by atoms with E-state index in [1.54, 1.807) is 29.0 Å². The Hall–Kier alpha value is -6.59. The van der Waals surface area contributed by atoms with Crippen LogP contribution in [0.2, 0.25) is 0 Å². The minimum Gasteiger partial charge on any atom is -0.478 e. The number of nitrogens with one attached hydrogen (secondary N) is 5. The van der Waals surface area contributed by atoms with Gasteiger partial charge in [-0.2, -0.15) is 18.3 Å². The number of halogens is 3. The second kappa shape index (κ2) is 20.9. The molecule has 0 spiro atoms. The summed E-state index contributed by atoms with van der Waals surface area (Å²) >= 11 is 1.55. The molecule has 1 aliphatic heterocycles. The smallest absolute Gasteiger partial charge is 0.404 e. The quantitative estimate of drug-likeness (QED) is 0.0513. The Bertz CT molecular complexity index is 2670. The third-order valence-electron chi connectivity index (χ3n) is 10.6. The van der Waals surface area contributed by atoms with Gasteiger partial charge < -0.3 is 36.4 Å². The summed E-state index contributed by atoms with van der Waals surface area (Å²) in [6.45, 7) is 7.72. The summed E-state index contributed by atoms with van der Waals surface area (Å²) in [5, 5.41) is 26.2. The van der Waals surface area contributed by atoms with E-state index in [0.29, 0.717) is 24.1 Å². The maximum absolute atomic E-state index is 14.0. The van der Waals surface area contributed by atoms with Crippen molar-refractivity contribution in [3.8, 4) is 27.6 Å². The molecule has 23 heteroatoms. The van der Waals surface area contributed by atoms with Gasteiger partial charge in [0.05, 0.1) is 28.8 Å². The predicted molar refractivity (Wildman–Crippen MR) is 245 cm³/mol. The number of anilines is 3. The topological polar surface area (TPSA) is 264 Å². The molecule has 18 nitrogen and oxygen atoms in total. The normalized spacial score (nSPS) is 15.7. The number of hydrogen-bond donors (Lipinski definition) is 7. The molecule has 6 rings (SSSR count). The number of benzene rings is 2. The van der Waals surface area contributed by atoms with E-state index in [9.17, 15) is 45.9 Å². The minimum atomic E-state index is -4.93. The summed E-state index contributed by atoms with van der Waals surface area (Å²) in [5.41, 5.74) is 10.2. The number of primary amides is 1. The number of carbonyl (C=O) groups is 4. The van der Waals surface area contributed by atoms with Crippen molar-refractivity contribution in [2.45, 2.75) is 84.3 Å². The number of aliphatic hydroxyl groups excluding tert-OH is 1. The van der Waals surface area contributed by atoms with Crippen LogP contribution >= 0.6 is 11.3 Å². The molecule has 4 amide bonds. The van der Waals surface area contributed by atoms with Gasteiger partial charge >= 0.3 is 6.18 Å². The summed E-state index contributed by atoms with van der Waals surface area (Å²) < 4.78 is 69.3. The standard InChI is InChI=1S/C44H51F3N10O8S2/c1-25-37(66-24-51-25)28-10-8-26(9-11-28)21-50-41(61)32-20-31(58)22-57(32)42(62)38(43(2,3)4)53-33(59)7-5-6-18-65-34-19-30(16-17-49-34)52-40-35(39(48)60)36(54-55-40)27-12-14-29(15-13-27)56-67(63,64)23-44(45,46)47/h8-17,19,24,31-32,38,56,58H,5-7,18,20-23H2,1-4H3,(H2,48,60)(H,50,61)(H,53,59)(H2,49,52,54,55)/t31-,32+,38?/m1/s1. The lowest BCUT2D eigenvalue weighted by atomic mass is 9.85. The molecule has 1 saturated heterocycles. The zero-order chi connectivity index (χ0) is 48.7. The number of aryl methyl sites for hydroxylation is 1. The van der Waals surface area contributed by atoms with Crippen molar-refractivity contribution in [3.63, 3.8) is 0 Å². The number of H-pyrrole nitrogens is 1. The highest BCUT2D eigenvalue weighted by Crippen LogP contribution is 2.32. The van der Waals surface area contributed by atoms with Gasteiger partial charge in [-0.1, -0.05) is 57.2 Å². The number of alkyl halides is 3. The number of pyridine rings is 1. The SMILES string of the molecule is Cc1ncsc1-c1ccc(CNC(=O)[C@@H]2C[C@@H](O)CN2C(=O)C(NC(=O)CCCCOc2cc(Nc3[nH]nc(-c4ccc(NS(=O)(=O)CC(F)(F)F)cc4)c3C(N)=O)ccn2)C(C)(C)C)cc1. The van der Waals surface area contributed by atoms with Crippen LogP contribution in [0.25, 0.3) is 21.7 Å². The van der Waals surface area contributed by atoms with Crippen molar-refractivity contribution in [1.82, 2.24) is 35.7 Å². The molecule has 5 aromatic rings. The summed E-state index contributed by atoms with van der Waals surface area (Å²) in [5.74, 6) is -3.85. The number of amides is 4. The van der Waals surface area contributed by atoms with Crippen LogP contribution in [0, 0.1) is 12.3 Å². The van der Waals surface area contributed by atoms with Crippen molar-refractivity contribution in [3.05, 3.63) is 89.2 Å². The molecule has 2 aromatic carbocycles. The molecule has 3 aromatic heterocycles. The number of nitrogens with two attached hydrogens (primary N) is 1. The van der Waals surface area contributed by atoms with Gasteiger partial charge in [0.2, 0.25) is 33.6 Å². The Morgan fingerprint density at radius 2 is 1.70 bits per heavy atom. The van der Waals surface area contributed by atoms with Crippen molar-refractivity contribution in [1.29, 1.82) is 0 Å². The first-order chi connectivity index (χ1) is 31.6. The summed E-state index contributed by atoms with van der Waals surface area (Å²) in [4.78, 5) is 64.2. The van der Waals surface area contributed by atoms with E-state index < -0.39 is 63.3 Å². The number of aromatic nitrogens is 4. The van der Waals surface area contributed by atoms with Gasteiger partial charge in [0, 0.05) is 55.1 Å². The Morgan fingerprint density at radius 3 is 2.34 bits per heavy atom. The zero-order valence-corrected chi connectivity index (χ0v) is 38.6. The fourth-order valence-electron chi connectivity index (χ4n) is 7.30. The van der Waals surface area contributed by atoms with E-state index in [0.717, 1.165) is 21.7 Å². The van der Waals surface area contributed by atoms with E-state index in [-0.39, 0.29) is 67.1 Å². The highest BCUT2D eigenvalue weighted by atomic mass is 32.2. The lowest BCUT2D eigenvalue weighted by Crippen LogP contribution is -2.57. The van der Waals surface area contributed by atoms with Crippen LogP contribution in [0.4, 0.5) is 30.4 Å². The molecule has 1 aliphatic rings. The fraction of sp³-hybridized carbons (Fsp3) is 0.386. The largest absolute Gasteiger partial charge is 0.478 e. The van der Waals surface area contributed by atoms with Gasteiger partial charge in [-0.3, -0.25) is 29.0 Å². The van der Waals surface area contributed by atoms with Gasteiger partial charge in [-0.05, 0) is 54.5 Å². The maximum Gasteiger partial charge on any atom is 0.404 e. The molecular formula is C44H51F3N10O8S2. The second-order valence-electron chi connectivity index (χ2n) is 17.0. The Kier molecular flexibility index (Phi) is 15.6. The third-order valence-corrected chi connectivity index (χ3v) is 12.8. The molecular weight excluding hydrogens is 918 g/mol. The van der Waals surface area contributed by atoms with E-state index in [1.165, 1.54) is 35.4 Å². The number of β-amino-alcohol motifs (C(OH)–C–C–N with tert-alkyl or cyclic N) is 1. The van der Waals surface area contributed by atoms with E-state index in [4.69, 9.17) is 10.5 Å². The molecule has 358 valence electrons. The van der Waals surface area contributed by atoms with Crippen LogP contribution in [0.5, 0.6) is 5.88 Å². The van der Waals surface area contributed by atoms with Gasteiger partial charge in [-0.15, -0.1) is 11.3 Å². The van der Waals surface area contributed by atoms with E-state index >= 15 is 0 Å². The number of aliphatic hydroxyl groups is 1. The highest BCUT2D eigenvalue weighted by Gasteiger charge is 2.44. The second-order valence-corrected chi connectivity index (χ2v) is 19.6. The number of carbonyl (C=O) groups excluding carboxylic acids is 4. The highest BCUT2D eigenvalue weighted by molar-refractivity contribution is 7.92. The molecule has 0 radical (unpaired) electrons. The van der Waals surface area contributed by atoms with Gasteiger partial charge in [-0.25, -0.2) is 18.4 Å². The predicted octanol–water partition coefficient (Wildman–Crippen LogP) is 5.41. The Balaban J connectivity index is 0.979. The van der Waals surface area contributed by atoms with Crippen molar-refractivity contribution < 1.29 is 50.6 Å². The Labute approximate surface area is 388 Å². The molecule has 4 heterocycles. The van der Waals surface area contributed by atoms with Gasteiger partial charge in [0.25, 0.3) is 5.91 Å². The minimum absolute atomic E-state index is 0.0508. The molecule has 1 unspecified atom stereocenters. The van der Waals surface area contributed by atoms with Crippen molar-refractivity contribution >= 4 is 62.2 Å². The lowest BCUT2D eigenvalue weighted by Gasteiger charge is -2.35. The first-order valence-corrected chi connectivity index (χ1v) is 23.6. The number of likely N-dealkylation sites (tertiary alicyclic amines) is 1. The van der Waals surface area contributed by atoms with Crippen LogP contribution in [0.15, 0.2) is 72.4 Å². The molecule has 8 N–H and O–H groups in total. The lowest BCUT2D eigenvalue weighted by molar-refractivity contribution is -0.144. The van der Waals surface area contributed by atoms with E-state index in [1.807, 2.05) is 56.7 Å². The number of aromatic amines is 1. The third kappa shape index (κ3) is 13.5. The van der Waals surface area contributed by atoms with Crippen molar-refractivity contribution in [2.75, 3.05) is 28.9 Å². The molecule has 67 heavy (non-hydrogen) atoms. The molecule has 3 atom stereocenters.